The molecule has 7 heteroatoms. The summed E-state index contributed by atoms with van der Waals surface area (Å²) < 4.78 is 13.5. The van der Waals surface area contributed by atoms with E-state index in [0.717, 1.165) is 17.0 Å². The molecular formula is C18H23N3O4. The first-order valence-corrected chi connectivity index (χ1v) is 8.53. The molecule has 3 N–H and O–H groups in total. The van der Waals surface area contributed by atoms with E-state index >= 15 is 0 Å². The van der Waals surface area contributed by atoms with Crippen LogP contribution in [0.25, 0.3) is 0 Å². The Bertz CT molecular complexity index is 763. The van der Waals surface area contributed by atoms with Gasteiger partial charge in [0.05, 0.1) is 24.4 Å². The van der Waals surface area contributed by atoms with Crippen LogP contribution in [-0.4, -0.2) is 51.1 Å². The molecule has 1 aromatic heterocycles. The Kier molecular flexibility index (Phi) is 4.24. The molecule has 0 amide bonds. The van der Waals surface area contributed by atoms with Crippen LogP contribution in [0, 0.1) is 13.8 Å². The van der Waals surface area contributed by atoms with Crippen molar-refractivity contribution in [1.82, 2.24) is 15.1 Å². The van der Waals surface area contributed by atoms with E-state index in [-0.39, 0.29) is 17.9 Å². The summed E-state index contributed by atoms with van der Waals surface area (Å²) in [5, 5.41) is 28.8. The maximum atomic E-state index is 11.0. The second kappa shape index (κ2) is 6.42. The van der Waals surface area contributed by atoms with Gasteiger partial charge in [-0.05, 0) is 26.0 Å². The average molecular weight is 345 g/mol. The lowest BCUT2D eigenvalue weighted by atomic mass is 9.95. The summed E-state index contributed by atoms with van der Waals surface area (Å²) in [5.74, 6) is 0.233. The normalized spacial score (nSPS) is 31.4. The van der Waals surface area contributed by atoms with Crippen molar-refractivity contribution in [3.8, 4) is 5.75 Å². The van der Waals surface area contributed by atoms with Crippen molar-refractivity contribution in [2.24, 2.45) is 0 Å². The number of aryl methyl sites for hydroxylation is 2. The minimum absolute atomic E-state index is 0.223. The molecule has 2 aromatic rings. The van der Waals surface area contributed by atoms with Crippen molar-refractivity contribution in [2.75, 3.05) is 6.61 Å². The summed E-state index contributed by atoms with van der Waals surface area (Å²) in [4.78, 5) is 0. The van der Waals surface area contributed by atoms with E-state index in [4.69, 9.17) is 9.47 Å². The van der Waals surface area contributed by atoms with E-state index in [1.54, 1.807) is 16.8 Å². The number of aliphatic hydroxyl groups excluding tert-OH is 1. The van der Waals surface area contributed by atoms with E-state index < -0.39 is 18.4 Å². The molecule has 0 aliphatic carbocycles. The van der Waals surface area contributed by atoms with Crippen molar-refractivity contribution < 1.29 is 19.7 Å². The number of phenols is 1. The number of nitrogens with zero attached hydrogens (tertiary/aromatic N) is 2. The second-order valence-corrected chi connectivity index (χ2v) is 6.76. The lowest BCUT2D eigenvalue weighted by Gasteiger charge is -2.39. The average Bonchev–Trinajstić information content (AvgIpc) is 3.14. The molecule has 134 valence electrons. The third kappa shape index (κ3) is 2.93. The van der Waals surface area contributed by atoms with Crippen LogP contribution in [0.2, 0.25) is 0 Å². The molecule has 0 spiro atoms. The molecule has 25 heavy (non-hydrogen) atoms. The lowest BCUT2D eigenvalue weighted by Crippen LogP contribution is -2.57. The van der Waals surface area contributed by atoms with E-state index in [9.17, 15) is 10.2 Å². The zero-order valence-corrected chi connectivity index (χ0v) is 14.3. The monoisotopic (exact) mass is 345 g/mol. The Morgan fingerprint density at radius 1 is 1.32 bits per heavy atom. The highest BCUT2D eigenvalue weighted by Gasteiger charge is 2.51. The molecule has 7 nitrogen and oxygen atoms in total. The summed E-state index contributed by atoms with van der Waals surface area (Å²) in [5.41, 5.74) is 2.63. The van der Waals surface area contributed by atoms with Gasteiger partial charge in [0.15, 0.2) is 6.29 Å². The Morgan fingerprint density at radius 3 is 2.84 bits per heavy atom. The standard InChI is InChI=1S/C18H23N3O4/c1-10-7-11(2)21(20-10)16-17(23)15(14-9-24-18(16)25-14)19-8-12-5-3-4-6-13(12)22/h3-7,14-19,22-23H,8-9H2,1-2H3. The number of phenolic OH excluding ortho intramolecular Hbond substituents is 1. The lowest BCUT2D eigenvalue weighted by molar-refractivity contribution is -0.168. The number of ether oxygens (including phenoxy) is 2. The van der Waals surface area contributed by atoms with Crippen LogP contribution in [-0.2, 0) is 16.0 Å². The Labute approximate surface area is 146 Å². The zero-order chi connectivity index (χ0) is 17.6. The Morgan fingerprint density at radius 2 is 2.12 bits per heavy atom. The molecule has 1 aromatic carbocycles. The topological polar surface area (TPSA) is 88.8 Å². The van der Waals surface area contributed by atoms with Crippen molar-refractivity contribution in [3.05, 3.63) is 47.3 Å². The molecule has 2 aliphatic rings. The van der Waals surface area contributed by atoms with Gasteiger partial charge in [0.2, 0.25) is 0 Å². The third-order valence-corrected chi connectivity index (χ3v) is 4.98. The van der Waals surface area contributed by atoms with Gasteiger partial charge in [-0.1, -0.05) is 18.2 Å². The Balaban J connectivity index is 1.56. The summed E-state index contributed by atoms with van der Waals surface area (Å²) in [7, 11) is 0. The van der Waals surface area contributed by atoms with Gasteiger partial charge in [-0.25, -0.2) is 0 Å². The number of hydrogen-bond donors (Lipinski definition) is 3. The van der Waals surface area contributed by atoms with Gasteiger partial charge in [-0.15, -0.1) is 0 Å². The zero-order valence-electron chi connectivity index (χ0n) is 14.3. The third-order valence-electron chi connectivity index (χ3n) is 4.98. The van der Waals surface area contributed by atoms with Gasteiger partial charge in [0.25, 0.3) is 0 Å². The first kappa shape index (κ1) is 16.5. The first-order valence-electron chi connectivity index (χ1n) is 8.53. The molecule has 2 bridgehead atoms. The number of fused-ring (bicyclic) bond motifs is 2. The van der Waals surface area contributed by atoms with Gasteiger partial charge in [-0.3, -0.25) is 4.68 Å². The number of aromatic hydroxyl groups is 1. The number of aromatic nitrogens is 2. The number of aliphatic hydroxyl groups is 1. The van der Waals surface area contributed by atoms with E-state index in [0.29, 0.717) is 13.2 Å². The molecule has 2 aliphatic heterocycles. The fourth-order valence-corrected chi connectivity index (χ4v) is 3.75. The summed E-state index contributed by atoms with van der Waals surface area (Å²) in [6.07, 6.45) is -1.43. The molecule has 0 radical (unpaired) electrons. The summed E-state index contributed by atoms with van der Waals surface area (Å²) >= 11 is 0. The molecule has 5 unspecified atom stereocenters. The van der Waals surface area contributed by atoms with E-state index in [1.807, 2.05) is 32.0 Å². The molecule has 3 heterocycles. The number of hydrogen-bond acceptors (Lipinski definition) is 6. The molecule has 5 atom stereocenters. The van der Waals surface area contributed by atoms with Crippen LogP contribution in [0.3, 0.4) is 0 Å². The number of para-hydroxylation sites is 1. The predicted octanol–water partition coefficient (Wildman–Crippen LogP) is 1.02. The van der Waals surface area contributed by atoms with Gasteiger partial charge in [-0.2, -0.15) is 5.10 Å². The van der Waals surface area contributed by atoms with Crippen molar-refractivity contribution in [1.29, 1.82) is 0 Å². The SMILES string of the molecule is Cc1cc(C)n(C2C3OCC(O3)C(NCc3ccccc3O)C2O)n1. The minimum Gasteiger partial charge on any atom is -0.508 e. The van der Waals surface area contributed by atoms with Crippen LogP contribution in [0.4, 0.5) is 0 Å². The van der Waals surface area contributed by atoms with Crippen LogP contribution in [0.5, 0.6) is 5.75 Å². The van der Waals surface area contributed by atoms with Gasteiger partial charge in [0, 0.05) is 17.8 Å². The smallest absolute Gasteiger partial charge is 0.183 e. The highest BCUT2D eigenvalue weighted by Crippen LogP contribution is 2.36. The van der Waals surface area contributed by atoms with Gasteiger partial charge >= 0.3 is 0 Å². The fourth-order valence-electron chi connectivity index (χ4n) is 3.75. The number of nitrogens with one attached hydrogen (secondary N) is 1. The van der Waals surface area contributed by atoms with Crippen molar-refractivity contribution in [3.63, 3.8) is 0 Å². The fraction of sp³-hybridized carbons (Fsp3) is 0.500. The number of benzene rings is 1. The second-order valence-electron chi connectivity index (χ2n) is 6.76. The molecular weight excluding hydrogens is 322 g/mol. The van der Waals surface area contributed by atoms with Crippen LogP contribution < -0.4 is 5.32 Å². The van der Waals surface area contributed by atoms with Crippen LogP contribution in [0.1, 0.15) is 23.0 Å². The predicted molar refractivity (Wildman–Crippen MR) is 90.1 cm³/mol. The van der Waals surface area contributed by atoms with Crippen molar-refractivity contribution >= 4 is 0 Å². The molecule has 2 fully saturated rings. The minimum atomic E-state index is -0.713. The van der Waals surface area contributed by atoms with Gasteiger partial charge in [0.1, 0.15) is 17.9 Å². The Hall–Kier alpha value is -1.93. The molecule has 4 rings (SSSR count). The summed E-state index contributed by atoms with van der Waals surface area (Å²) in [6, 6.07) is 8.41. The highest BCUT2D eigenvalue weighted by atomic mass is 16.7. The van der Waals surface area contributed by atoms with Crippen LogP contribution >= 0.6 is 0 Å². The molecule has 2 saturated heterocycles. The molecule has 0 saturated carbocycles. The van der Waals surface area contributed by atoms with Gasteiger partial charge < -0.3 is 25.0 Å². The first-order chi connectivity index (χ1) is 12.0. The largest absolute Gasteiger partial charge is 0.508 e. The highest BCUT2D eigenvalue weighted by molar-refractivity contribution is 5.31. The van der Waals surface area contributed by atoms with Crippen molar-refractivity contribution in [2.45, 2.75) is 51.0 Å². The summed E-state index contributed by atoms with van der Waals surface area (Å²) in [6.45, 7) is 4.74. The van der Waals surface area contributed by atoms with E-state index in [2.05, 4.69) is 10.4 Å². The maximum absolute atomic E-state index is 11.0. The van der Waals surface area contributed by atoms with Crippen LogP contribution in [0.15, 0.2) is 30.3 Å². The maximum Gasteiger partial charge on any atom is 0.183 e. The van der Waals surface area contributed by atoms with E-state index in [1.165, 1.54) is 0 Å². The number of rotatable bonds is 4. The quantitative estimate of drug-likeness (QED) is 0.767.